The van der Waals surface area contributed by atoms with E-state index in [9.17, 15) is 0 Å². The Labute approximate surface area is 85.4 Å². The Balaban J connectivity index is 0. The number of rotatable bonds is 5. The van der Waals surface area contributed by atoms with Gasteiger partial charge in [-0.3, -0.25) is 0 Å². The third-order valence-corrected chi connectivity index (χ3v) is 3.14. The molecule has 0 spiro atoms. The summed E-state index contributed by atoms with van der Waals surface area (Å²) in [6, 6.07) is 0. The summed E-state index contributed by atoms with van der Waals surface area (Å²) in [5.74, 6) is 1.54. The van der Waals surface area contributed by atoms with Crippen LogP contribution in [0.5, 0.6) is 0 Å². The van der Waals surface area contributed by atoms with Crippen molar-refractivity contribution in [3.8, 4) is 0 Å². The first-order chi connectivity index (χ1) is 5.45. The molecule has 13 heavy (non-hydrogen) atoms. The van der Waals surface area contributed by atoms with Gasteiger partial charge in [-0.2, -0.15) is 0 Å². The van der Waals surface area contributed by atoms with Gasteiger partial charge in [-0.1, -0.05) is 54.5 Å². The molecule has 0 amide bonds. The van der Waals surface area contributed by atoms with E-state index in [4.69, 9.17) is 0 Å². The highest BCUT2D eigenvalue weighted by Gasteiger charge is 2.28. The van der Waals surface area contributed by atoms with E-state index in [2.05, 4.69) is 47.3 Å². The molecule has 0 rings (SSSR count). The van der Waals surface area contributed by atoms with Crippen molar-refractivity contribution in [3.05, 3.63) is 12.7 Å². The van der Waals surface area contributed by atoms with Gasteiger partial charge in [0.25, 0.3) is 0 Å². The third kappa shape index (κ3) is 4.50. The van der Waals surface area contributed by atoms with Gasteiger partial charge in [0.15, 0.2) is 0 Å². The Hall–Kier alpha value is -0.260. The van der Waals surface area contributed by atoms with Crippen LogP contribution in [0, 0.1) is 17.3 Å². The molecule has 0 heteroatoms. The van der Waals surface area contributed by atoms with Crippen molar-refractivity contribution in [2.75, 3.05) is 0 Å². The van der Waals surface area contributed by atoms with E-state index in [-0.39, 0.29) is 7.43 Å². The zero-order valence-corrected chi connectivity index (χ0v) is 9.35. The standard InChI is InChI=1S/C12H24.CH4/c1-7-9-11(10(3)4)12(5,6)8-2;/h7,10-11H,1,8-9H2,2-6H3;1H4/t11-;/m0./s1. The van der Waals surface area contributed by atoms with Crippen LogP contribution in [0.15, 0.2) is 12.7 Å². The maximum atomic E-state index is 3.83. The molecule has 0 aliphatic rings. The predicted octanol–water partition coefficient (Wildman–Crippen LogP) is 4.91. The van der Waals surface area contributed by atoms with Crippen molar-refractivity contribution in [3.63, 3.8) is 0 Å². The van der Waals surface area contributed by atoms with Crippen molar-refractivity contribution in [2.45, 2.75) is 54.9 Å². The molecule has 0 unspecified atom stereocenters. The molecule has 0 saturated carbocycles. The van der Waals surface area contributed by atoms with Gasteiger partial charge in [-0.25, -0.2) is 0 Å². The quantitative estimate of drug-likeness (QED) is 0.533. The Kier molecular flexibility index (Phi) is 7.30. The molecule has 0 aromatic rings. The fourth-order valence-corrected chi connectivity index (χ4v) is 1.94. The molecule has 0 bridgehead atoms. The van der Waals surface area contributed by atoms with E-state index >= 15 is 0 Å². The summed E-state index contributed by atoms with van der Waals surface area (Å²) >= 11 is 0. The van der Waals surface area contributed by atoms with E-state index in [1.807, 2.05) is 0 Å². The average Bonchev–Trinajstić information content (AvgIpc) is 1.99. The van der Waals surface area contributed by atoms with Crippen LogP contribution in [0.4, 0.5) is 0 Å². The summed E-state index contributed by atoms with van der Waals surface area (Å²) in [5, 5.41) is 0. The fraction of sp³-hybridized carbons (Fsp3) is 0.846. The van der Waals surface area contributed by atoms with Crippen molar-refractivity contribution < 1.29 is 0 Å². The first-order valence-electron chi connectivity index (χ1n) is 5.06. The van der Waals surface area contributed by atoms with Crippen LogP contribution >= 0.6 is 0 Å². The minimum absolute atomic E-state index is 0. The average molecular weight is 184 g/mol. The Morgan fingerprint density at radius 3 is 2.00 bits per heavy atom. The van der Waals surface area contributed by atoms with Gasteiger partial charge < -0.3 is 0 Å². The van der Waals surface area contributed by atoms with Crippen molar-refractivity contribution >= 4 is 0 Å². The third-order valence-electron chi connectivity index (χ3n) is 3.14. The van der Waals surface area contributed by atoms with Crippen LogP contribution < -0.4 is 0 Å². The molecule has 0 saturated heterocycles. The van der Waals surface area contributed by atoms with Gasteiger partial charge >= 0.3 is 0 Å². The first-order valence-corrected chi connectivity index (χ1v) is 5.06. The lowest BCUT2D eigenvalue weighted by molar-refractivity contribution is 0.152. The second-order valence-corrected chi connectivity index (χ2v) is 4.72. The van der Waals surface area contributed by atoms with E-state index in [1.54, 1.807) is 0 Å². The maximum Gasteiger partial charge on any atom is -0.0305 e. The van der Waals surface area contributed by atoms with E-state index < -0.39 is 0 Å². The summed E-state index contributed by atoms with van der Waals surface area (Å²) in [5.41, 5.74) is 0.461. The van der Waals surface area contributed by atoms with Crippen LogP contribution in [-0.4, -0.2) is 0 Å². The van der Waals surface area contributed by atoms with Gasteiger partial charge in [0, 0.05) is 0 Å². The minimum atomic E-state index is 0. The zero-order chi connectivity index (χ0) is 9.78. The van der Waals surface area contributed by atoms with E-state index in [1.165, 1.54) is 6.42 Å². The lowest BCUT2D eigenvalue weighted by Gasteiger charge is -2.36. The molecule has 1 atom stereocenters. The van der Waals surface area contributed by atoms with Crippen LogP contribution in [0.3, 0.4) is 0 Å². The summed E-state index contributed by atoms with van der Waals surface area (Å²) in [6.07, 6.45) is 4.46. The highest BCUT2D eigenvalue weighted by atomic mass is 14.3. The van der Waals surface area contributed by atoms with Gasteiger partial charge in [0.1, 0.15) is 0 Å². The second-order valence-electron chi connectivity index (χ2n) is 4.72. The Bertz CT molecular complexity index is 131. The molecule has 0 aromatic carbocycles. The van der Waals surface area contributed by atoms with Crippen molar-refractivity contribution in [1.82, 2.24) is 0 Å². The van der Waals surface area contributed by atoms with Crippen LogP contribution in [0.1, 0.15) is 54.9 Å². The van der Waals surface area contributed by atoms with E-state index in [0.717, 1.165) is 18.3 Å². The first kappa shape index (κ1) is 15.2. The lowest BCUT2D eigenvalue weighted by Crippen LogP contribution is -2.27. The minimum Gasteiger partial charge on any atom is -0.103 e. The molecular weight excluding hydrogens is 156 g/mol. The molecule has 0 heterocycles. The number of hydrogen-bond acceptors (Lipinski definition) is 0. The van der Waals surface area contributed by atoms with Crippen molar-refractivity contribution in [1.29, 1.82) is 0 Å². The lowest BCUT2D eigenvalue weighted by atomic mass is 9.70. The molecular formula is C13H28. The molecule has 0 N–H and O–H groups in total. The van der Waals surface area contributed by atoms with Gasteiger partial charge in [-0.15, -0.1) is 6.58 Å². The highest BCUT2D eigenvalue weighted by molar-refractivity contribution is 4.84. The summed E-state index contributed by atoms with van der Waals surface area (Å²) < 4.78 is 0. The largest absolute Gasteiger partial charge is 0.103 e. The van der Waals surface area contributed by atoms with Crippen LogP contribution in [0.2, 0.25) is 0 Å². The highest BCUT2D eigenvalue weighted by Crippen LogP contribution is 2.37. The molecule has 0 aromatic heterocycles. The molecule has 0 fully saturated rings. The number of allylic oxidation sites excluding steroid dienone is 1. The summed E-state index contributed by atoms with van der Waals surface area (Å²) in [4.78, 5) is 0. The second kappa shape index (κ2) is 6.23. The SMILES string of the molecule is C.C=CC[C@@H](C(C)C)C(C)(C)CC. The molecule has 0 nitrogen and oxygen atoms in total. The smallest absolute Gasteiger partial charge is 0.0305 e. The topological polar surface area (TPSA) is 0 Å². The monoisotopic (exact) mass is 184 g/mol. The number of hydrogen-bond donors (Lipinski definition) is 0. The normalized spacial score (nSPS) is 13.7. The van der Waals surface area contributed by atoms with Gasteiger partial charge in [-0.05, 0) is 23.7 Å². The van der Waals surface area contributed by atoms with Crippen LogP contribution in [0.25, 0.3) is 0 Å². The summed E-state index contributed by atoms with van der Waals surface area (Å²) in [6.45, 7) is 15.5. The Morgan fingerprint density at radius 1 is 1.31 bits per heavy atom. The van der Waals surface area contributed by atoms with Crippen molar-refractivity contribution in [2.24, 2.45) is 17.3 Å². The van der Waals surface area contributed by atoms with Crippen LogP contribution in [-0.2, 0) is 0 Å². The summed E-state index contributed by atoms with van der Waals surface area (Å²) in [7, 11) is 0. The predicted molar refractivity (Wildman–Crippen MR) is 63.9 cm³/mol. The molecule has 0 aliphatic heterocycles. The maximum absolute atomic E-state index is 3.83. The molecule has 0 radical (unpaired) electrons. The molecule has 80 valence electrons. The fourth-order valence-electron chi connectivity index (χ4n) is 1.94. The molecule has 0 aliphatic carbocycles. The van der Waals surface area contributed by atoms with Gasteiger partial charge in [0.05, 0.1) is 0 Å². The van der Waals surface area contributed by atoms with Gasteiger partial charge in [0.2, 0.25) is 0 Å². The van der Waals surface area contributed by atoms with E-state index in [0.29, 0.717) is 5.41 Å². The Morgan fingerprint density at radius 2 is 1.77 bits per heavy atom. The zero-order valence-electron chi connectivity index (χ0n) is 9.35.